The summed E-state index contributed by atoms with van der Waals surface area (Å²) in [4.78, 5) is 2.46. The number of ether oxygens (including phenoxy) is 1. The van der Waals surface area contributed by atoms with Gasteiger partial charge in [-0.25, -0.2) is 0 Å². The minimum atomic E-state index is -0.580. The van der Waals surface area contributed by atoms with Crippen LogP contribution in [-0.4, -0.2) is 51.5 Å². The van der Waals surface area contributed by atoms with Gasteiger partial charge < -0.3 is 4.74 Å². The Bertz CT molecular complexity index is 438. The second kappa shape index (κ2) is 3.11. The quantitative estimate of drug-likeness (QED) is 0.707. The highest BCUT2D eigenvalue weighted by molar-refractivity contribution is 7.86. The lowest BCUT2D eigenvalue weighted by Crippen LogP contribution is -2.54. The molecule has 5 fully saturated rings. The third-order valence-electron chi connectivity index (χ3n) is 4.92. The molecule has 5 rings (SSSR count). The van der Waals surface area contributed by atoms with Crippen molar-refractivity contribution in [2.24, 2.45) is 5.41 Å². The van der Waals surface area contributed by atoms with Crippen molar-refractivity contribution in [2.75, 3.05) is 25.4 Å². The highest BCUT2D eigenvalue weighted by Crippen LogP contribution is 2.58. The minimum absolute atomic E-state index is 0.0400. The van der Waals surface area contributed by atoms with E-state index in [4.69, 9.17) is 10.00 Å². The van der Waals surface area contributed by atoms with Crippen LogP contribution in [0.15, 0.2) is 0 Å². The van der Waals surface area contributed by atoms with Gasteiger partial charge in [0.1, 0.15) is 0 Å². The van der Waals surface area contributed by atoms with Crippen LogP contribution in [0.4, 0.5) is 0 Å². The summed E-state index contributed by atoms with van der Waals surface area (Å²) in [6, 6.07) is 2.92. The van der Waals surface area contributed by atoms with E-state index in [0.717, 1.165) is 38.1 Å². The maximum absolute atomic E-state index is 11.6. The second-order valence-corrected chi connectivity index (χ2v) is 7.97. The Morgan fingerprint density at radius 1 is 1.53 bits per heavy atom. The number of hydrogen-bond donors (Lipinski definition) is 0. The lowest BCUT2D eigenvalue weighted by molar-refractivity contribution is -0.0364. The fourth-order valence-corrected chi connectivity index (χ4v) is 5.93. The van der Waals surface area contributed by atoms with Gasteiger partial charge >= 0.3 is 0 Å². The molecule has 1 saturated carbocycles. The SMILES string of the molecule is N#CC12COC(CN3C[C@@H]4C[C@H]3CS4=O)(C1)C2. The van der Waals surface area contributed by atoms with E-state index in [1.807, 2.05) is 0 Å². The normalized spacial score (nSPS) is 55.8. The average molecular weight is 252 g/mol. The molecular formula is C12H16N2O2S. The topological polar surface area (TPSA) is 53.3 Å². The van der Waals surface area contributed by atoms with Crippen LogP contribution in [0, 0.1) is 16.7 Å². The van der Waals surface area contributed by atoms with Crippen molar-refractivity contribution in [3.05, 3.63) is 0 Å². The van der Waals surface area contributed by atoms with Gasteiger partial charge in [-0.2, -0.15) is 5.26 Å². The van der Waals surface area contributed by atoms with Gasteiger partial charge in [-0.1, -0.05) is 0 Å². The van der Waals surface area contributed by atoms with Crippen LogP contribution in [0.25, 0.3) is 0 Å². The first kappa shape index (κ1) is 10.5. The summed E-state index contributed by atoms with van der Waals surface area (Å²) < 4.78 is 17.5. The third kappa shape index (κ3) is 1.32. The lowest BCUT2D eigenvalue weighted by atomic mass is 9.63. The van der Waals surface area contributed by atoms with Gasteiger partial charge in [0.15, 0.2) is 0 Å². The molecule has 5 heteroatoms. The molecule has 4 bridgehead atoms. The number of nitrogens with zero attached hydrogens (tertiary/aromatic N) is 2. The molecule has 4 saturated heterocycles. The molecule has 1 aliphatic carbocycles. The molecule has 0 spiro atoms. The van der Waals surface area contributed by atoms with Crippen molar-refractivity contribution in [1.29, 1.82) is 5.26 Å². The Kier molecular flexibility index (Phi) is 1.92. The molecule has 3 atom stereocenters. The third-order valence-corrected chi connectivity index (χ3v) is 6.72. The molecule has 0 N–H and O–H groups in total. The standard InChI is InChI=1S/C12H16N2O2S/c13-6-11-4-12(5-11,16-8-11)7-14-2-10-1-9(14)3-17(10)15/h9-10H,1-5,7-8H2/t9-,10-,11?,12?,17?/m0/s1. The molecule has 0 aromatic carbocycles. The van der Waals surface area contributed by atoms with Gasteiger partial charge in [-0.3, -0.25) is 9.11 Å². The first-order valence-corrected chi connectivity index (χ1v) is 7.68. The van der Waals surface area contributed by atoms with E-state index in [9.17, 15) is 4.21 Å². The molecule has 0 aromatic heterocycles. The molecule has 0 amide bonds. The monoisotopic (exact) mass is 252 g/mol. The summed E-state index contributed by atoms with van der Waals surface area (Å²) in [5, 5.41) is 9.50. The van der Waals surface area contributed by atoms with E-state index in [0.29, 0.717) is 17.9 Å². The summed E-state index contributed by atoms with van der Waals surface area (Å²) in [7, 11) is -0.580. The van der Waals surface area contributed by atoms with Crippen LogP contribution in [-0.2, 0) is 15.5 Å². The van der Waals surface area contributed by atoms with Crippen LogP contribution < -0.4 is 0 Å². The highest BCUT2D eigenvalue weighted by Gasteiger charge is 2.64. The summed E-state index contributed by atoms with van der Waals surface area (Å²) in [6.45, 7) is 2.55. The van der Waals surface area contributed by atoms with Crippen LogP contribution in [0.2, 0.25) is 0 Å². The lowest BCUT2D eigenvalue weighted by Gasteiger charge is -2.44. The zero-order chi connectivity index (χ0) is 11.7. The van der Waals surface area contributed by atoms with E-state index in [1.54, 1.807) is 0 Å². The van der Waals surface area contributed by atoms with E-state index in [1.165, 1.54) is 0 Å². The van der Waals surface area contributed by atoms with Gasteiger partial charge in [-0.15, -0.1) is 0 Å². The van der Waals surface area contributed by atoms with Crippen molar-refractivity contribution in [3.63, 3.8) is 0 Å². The Labute approximate surface area is 103 Å². The van der Waals surface area contributed by atoms with Gasteiger partial charge in [0, 0.05) is 40.9 Å². The van der Waals surface area contributed by atoms with Crippen molar-refractivity contribution in [3.8, 4) is 6.07 Å². The Hall–Kier alpha value is -0.440. The maximum atomic E-state index is 11.6. The van der Waals surface area contributed by atoms with Gasteiger partial charge in [0.05, 0.1) is 23.7 Å². The first-order valence-electron chi connectivity index (χ1n) is 6.30. The zero-order valence-corrected chi connectivity index (χ0v) is 10.5. The van der Waals surface area contributed by atoms with Gasteiger partial charge in [-0.05, 0) is 19.3 Å². The van der Waals surface area contributed by atoms with Crippen LogP contribution in [0.5, 0.6) is 0 Å². The summed E-state index contributed by atoms with van der Waals surface area (Å²) in [5.41, 5.74) is -0.205. The predicted octanol–water partition coefficient (Wildman–Crippen LogP) is 0.264. The summed E-state index contributed by atoms with van der Waals surface area (Å²) in [6.07, 6.45) is 2.92. The molecular weight excluding hydrogens is 236 g/mol. The van der Waals surface area contributed by atoms with Gasteiger partial charge in [0.25, 0.3) is 0 Å². The first-order chi connectivity index (χ1) is 8.14. The summed E-state index contributed by atoms with van der Waals surface area (Å²) >= 11 is 0. The van der Waals surface area contributed by atoms with E-state index < -0.39 is 10.8 Å². The Balaban J connectivity index is 1.45. The fraction of sp³-hybridized carbons (Fsp3) is 0.917. The van der Waals surface area contributed by atoms with E-state index >= 15 is 0 Å². The molecule has 1 unspecified atom stereocenters. The molecule has 4 nitrogen and oxygen atoms in total. The molecule has 4 heterocycles. The predicted molar refractivity (Wildman–Crippen MR) is 62.7 cm³/mol. The number of likely N-dealkylation sites (tertiary alicyclic amines) is 1. The fourth-order valence-electron chi connectivity index (χ4n) is 4.14. The number of nitriles is 1. The van der Waals surface area contributed by atoms with E-state index in [-0.39, 0.29) is 11.0 Å². The van der Waals surface area contributed by atoms with E-state index in [2.05, 4.69) is 11.0 Å². The molecule has 17 heavy (non-hydrogen) atoms. The van der Waals surface area contributed by atoms with Crippen molar-refractivity contribution in [1.82, 2.24) is 4.90 Å². The molecule has 5 aliphatic rings. The van der Waals surface area contributed by atoms with Crippen LogP contribution in [0.1, 0.15) is 19.3 Å². The molecule has 92 valence electrons. The largest absolute Gasteiger partial charge is 0.372 e. The second-order valence-electron chi connectivity index (χ2n) is 6.21. The maximum Gasteiger partial charge on any atom is 0.0862 e. The van der Waals surface area contributed by atoms with Crippen LogP contribution >= 0.6 is 0 Å². The van der Waals surface area contributed by atoms with Crippen molar-refractivity contribution < 1.29 is 8.95 Å². The van der Waals surface area contributed by atoms with Gasteiger partial charge in [0.2, 0.25) is 0 Å². The Morgan fingerprint density at radius 2 is 2.35 bits per heavy atom. The molecule has 0 radical (unpaired) electrons. The Morgan fingerprint density at radius 3 is 2.88 bits per heavy atom. The van der Waals surface area contributed by atoms with Crippen molar-refractivity contribution >= 4 is 10.8 Å². The number of hydrogen-bond acceptors (Lipinski definition) is 4. The molecule has 0 aromatic rings. The molecule has 4 aliphatic heterocycles. The summed E-state index contributed by atoms with van der Waals surface area (Å²) in [5.74, 6) is 0.851. The zero-order valence-electron chi connectivity index (χ0n) is 9.72. The average Bonchev–Trinajstić information content (AvgIpc) is 2.96. The number of fused-ring (bicyclic) bond motifs is 3. The smallest absolute Gasteiger partial charge is 0.0862 e. The van der Waals surface area contributed by atoms with Crippen LogP contribution in [0.3, 0.4) is 0 Å². The highest BCUT2D eigenvalue weighted by atomic mass is 32.2. The minimum Gasteiger partial charge on any atom is -0.372 e. The number of rotatable bonds is 2. The van der Waals surface area contributed by atoms with Crippen molar-refractivity contribution in [2.45, 2.75) is 36.2 Å².